The van der Waals surface area contributed by atoms with Crippen LogP contribution in [0.5, 0.6) is 0 Å². The van der Waals surface area contributed by atoms with Crippen LogP contribution in [0.2, 0.25) is 0 Å². The summed E-state index contributed by atoms with van der Waals surface area (Å²) in [6.07, 6.45) is 0.778. The highest BCUT2D eigenvalue weighted by atomic mass is 16.6. The molecule has 0 bridgehead atoms. The molecule has 0 aromatic carbocycles. The molecule has 1 aromatic heterocycles. The van der Waals surface area contributed by atoms with Crippen LogP contribution in [-0.4, -0.2) is 28.7 Å². The van der Waals surface area contributed by atoms with Crippen molar-refractivity contribution >= 4 is 17.3 Å². The second-order valence-electron chi connectivity index (χ2n) is 4.35. The summed E-state index contributed by atoms with van der Waals surface area (Å²) in [6.45, 7) is 3.08. The minimum Gasteiger partial charge on any atom is -0.384 e. The topological polar surface area (TPSA) is 103 Å². The van der Waals surface area contributed by atoms with Crippen molar-refractivity contribution < 1.29 is 9.66 Å². The number of pyridine rings is 1. The van der Waals surface area contributed by atoms with Gasteiger partial charge < -0.3 is 15.8 Å². The van der Waals surface area contributed by atoms with Gasteiger partial charge in [0, 0.05) is 12.7 Å². The van der Waals surface area contributed by atoms with Gasteiger partial charge in [-0.05, 0) is 19.4 Å². The van der Waals surface area contributed by atoms with Crippen molar-refractivity contribution in [2.24, 2.45) is 0 Å². The van der Waals surface area contributed by atoms with Gasteiger partial charge in [-0.3, -0.25) is 10.1 Å². The standard InChI is InChI=1S/C10H14N4O3/c1-10(4-5-17-6-10)13-9-7(14(15)16)2-3-8(11)12-9/h2-3H,4-6H2,1H3,(H3,11,12,13). The molecule has 2 heterocycles. The van der Waals surface area contributed by atoms with Crippen LogP contribution in [0.4, 0.5) is 17.3 Å². The van der Waals surface area contributed by atoms with Gasteiger partial charge in [-0.2, -0.15) is 0 Å². The molecule has 1 aliphatic heterocycles. The number of anilines is 2. The number of nitrogens with one attached hydrogen (secondary N) is 1. The van der Waals surface area contributed by atoms with E-state index in [0.29, 0.717) is 13.2 Å². The maximum atomic E-state index is 10.9. The quantitative estimate of drug-likeness (QED) is 0.605. The van der Waals surface area contributed by atoms with Crippen molar-refractivity contribution in [3.05, 3.63) is 22.2 Å². The van der Waals surface area contributed by atoms with Gasteiger partial charge >= 0.3 is 5.69 Å². The minimum atomic E-state index is -0.478. The summed E-state index contributed by atoms with van der Waals surface area (Å²) in [5.41, 5.74) is 5.14. The highest BCUT2D eigenvalue weighted by molar-refractivity contribution is 5.60. The maximum absolute atomic E-state index is 10.9. The number of nitrogen functional groups attached to an aromatic ring is 1. The predicted octanol–water partition coefficient (Wildman–Crippen LogP) is 1.16. The summed E-state index contributed by atoms with van der Waals surface area (Å²) in [4.78, 5) is 14.4. The number of aromatic nitrogens is 1. The van der Waals surface area contributed by atoms with Crippen LogP contribution in [0.1, 0.15) is 13.3 Å². The molecule has 3 N–H and O–H groups in total. The second-order valence-corrected chi connectivity index (χ2v) is 4.35. The lowest BCUT2D eigenvalue weighted by Crippen LogP contribution is -2.35. The van der Waals surface area contributed by atoms with Crippen LogP contribution in [-0.2, 0) is 4.74 Å². The summed E-state index contributed by atoms with van der Waals surface area (Å²) in [5, 5.41) is 13.9. The number of hydrogen-bond donors (Lipinski definition) is 2. The molecule has 1 aromatic rings. The summed E-state index contributed by atoms with van der Waals surface area (Å²) in [7, 11) is 0. The first-order chi connectivity index (χ1) is 8.00. The largest absolute Gasteiger partial charge is 0.384 e. The van der Waals surface area contributed by atoms with E-state index in [-0.39, 0.29) is 22.9 Å². The van der Waals surface area contributed by atoms with Crippen molar-refractivity contribution in [3.63, 3.8) is 0 Å². The molecule has 7 heteroatoms. The smallest absolute Gasteiger partial charge is 0.311 e. The fourth-order valence-corrected chi connectivity index (χ4v) is 1.76. The lowest BCUT2D eigenvalue weighted by Gasteiger charge is -2.23. The number of nitrogens with two attached hydrogens (primary N) is 1. The lowest BCUT2D eigenvalue weighted by molar-refractivity contribution is -0.384. The van der Waals surface area contributed by atoms with E-state index in [4.69, 9.17) is 10.5 Å². The number of nitro groups is 1. The van der Waals surface area contributed by atoms with E-state index in [1.165, 1.54) is 12.1 Å². The number of nitrogens with zero attached hydrogens (tertiary/aromatic N) is 2. The highest BCUT2D eigenvalue weighted by Gasteiger charge is 2.32. The monoisotopic (exact) mass is 238 g/mol. The molecule has 92 valence electrons. The van der Waals surface area contributed by atoms with Crippen molar-refractivity contribution in [3.8, 4) is 0 Å². The zero-order valence-electron chi connectivity index (χ0n) is 9.47. The van der Waals surface area contributed by atoms with Crippen molar-refractivity contribution in [2.45, 2.75) is 18.9 Å². The van der Waals surface area contributed by atoms with E-state index in [0.717, 1.165) is 6.42 Å². The van der Waals surface area contributed by atoms with Gasteiger partial charge in [0.05, 0.1) is 17.1 Å². The van der Waals surface area contributed by atoms with E-state index in [1.54, 1.807) is 0 Å². The number of hydrogen-bond acceptors (Lipinski definition) is 6. The molecule has 0 saturated carbocycles. The molecule has 2 rings (SSSR count). The third kappa shape index (κ3) is 2.44. The van der Waals surface area contributed by atoms with Gasteiger partial charge in [0.2, 0.25) is 5.82 Å². The molecule has 1 atom stereocenters. The molecule has 0 spiro atoms. The van der Waals surface area contributed by atoms with E-state index in [2.05, 4.69) is 10.3 Å². The third-order valence-electron chi connectivity index (χ3n) is 2.73. The highest BCUT2D eigenvalue weighted by Crippen LogP contribution is 2.29. The van der Waals surface area contributed by atoms with Crippen molar-refractivity contribution in [2.75, 3.05) is 24.3 Å². The van der Waals surface area contributed by atoms with Crippen LogP contribution in [0.3, 0.4) is 0 Å². The zero-order valence-corrected chi connectivity index (χ0v) is 9.47. The molecule has 7 nitrogen and oxygen atoms in total. The van der Waals surface area contributed by atoms with Gasteiger partial charge in [-0.1, -0.05) is 0 Å². The van der Waals surface area contributed by atoms with E-state index in [9.17, 15) is 10.1 Å². The van der Waals surface area contributed by atoms with Gasteiger partial charge in [0.1, 0.15) is 5.82 Å². The van der Waals surface area contributed by atoms with Crippen molar-refractivity contribution in [1.29, 1.82) is 0 Å². The van der Waals surface area contributed by atoms with Gasteiger partial charge in [0.15, 0.2) is 0 Å². The average Bonchev–Trinajstić information content (AvgIpc) is 2.64. The molecular formula is C10H14N4O3. The Hall–Kier alpha value is -1.89. The molecular weight excluding hydrogens is 224 g/mol. The van der Waals surface area contributed by atoms with Gasteiger partial charge in [0.25, 0.3) is 0 Å². The molecule has 1 fully saturated rings. The summed E-state index contributed by atoms with van der Waals surface area (Å²) in [5.74, 6) is 0.448. The SMILES string of the molecule is CC1(Nc2nc(N)ccc2[N+](=O)[O-])CCOC1. The van der Waals surface area contributed by atoms with Gasteiger partial charge in [-0.15, -0.1) is 0 Å². The molecule has 1 unspecified atom stereocenters. The Balaban J connectivity index is 2.30. The first-order valence-electron chi connectivity index (χ1n) is 5.27. The Kier molecular flexibility index (Phi) is 2.84. The van der Waals surface area contributed by atoms with E-state index in [1.807, 2.05) is 6.92 Å². The second kappa shape index (κ2) is 4.17. The molecule has 0 amide bonds. The van der Waals surface area contributed by atoms with Crippen LogP contribution < -0.4 is 11.1 Å². The number of ether oxygens (including phenoxy) is 1. The Bertz CT molecular complexity index is 443. The van der Waals surface area contributed by atoms with Crippen molar-refractivity contribution in [1.82, 2.24) is 4.98 Å². The lowest BCUT2D eigenvalue weighted by atomic mass is 10.0. The molecule has 1 aliphatic rings. The summed E-state index contributed by atoms with van der Waals surface area (Å²) < 4.78 is 5.27. The predicted molar refractivity (Wildman–Crippen MR) is 62.8 cm³/mol. The Morgan fingerprint density at radius 1 is 1.65 bits per heavy atom. The van der Waals surface area contributed by atoms with Gasteiger partial charge in [-0.25, -0.2) is 4.98 Å². The first kappa shape index (κ1) is 11.6. The summed E-state index contributed by atoms with van der Waals surface area (Å²) >= 11 is 0. The first-order valence-corrected chi connectivity index (χ1v) is 5.27. The van der Waals surface area contributed by atoms with Crippen LogP contribution in [0.25, 0.3) is 0 Å². The summed E-state index contributed by atoms with van der Waals surface area (Å²) in [6, 6.07) is 2.76. The van der Waals surface area contributed by atoms with Crippen LogP contribution in [0, 0.1) is 10.1 Å². The minimum absolute atomic E-state index is 0.0766. The number of rotatable bonds is 3. The fourth-order valence-electron chi connectivity index (χ4n) is 1.76. The van der Waals surface area contributed by atoms with Crippen LogP contribution in [0.15, 0.2) is 12.1 Å². The van der Waals surface area contributed by atoms with Crippen LogP contribution >= 0.6 is 0 Å². The normalized spacial score (nSPS) is 23.6. The Morgan fingerprint density at radius 3 is 3.00 bits per heavy atom. The Labute approximate surface area is 98.1 Å². The average molecular weight is 238 g/mol. The molecule has 1 saturated heterocycles. The van der Waals surface area contributed by atoms with E-state index >= 15 is 0 Å². The third-order valence-corrected chi connectivity index (χ3v) is 2.73. The van der Waals surface area contributed by atoms with E-state index < -0.39 is 4.92 Å². The molecule has 0 aliphatic carbocycles. The molecule has 17 heavy (non-hydrogen) atoms. The molecule has 0 radical (unpaired) electrons. The maximum Gasteiger partial charge on any atom is 0.311 e. The zero-order chi connectivity index (χ0) is 12.5. The fraction of sp³-hybridized carbons (Fsp3) is 0.500. The Morgan fingerprint density at radius 2 is 2.41 bits per heavy atom.